The van der Waals surface area contributed by atoms with Crippen LogP contribution in [0.3, 0.4) is 0 Å². The minimum absolute atomic E-state index is 0.652. The van der Waals surface area contributed by atoms with Crippen molar-refractivity contribution in [3.8, 4) is 0 Å². The van der Waals surface area contributed by atoms with E-state index in [0.717, 1.165) is 11.8 Å². The van der Waals surface area contributed by atoms with Crippen LogP contribution in [0.1, 0.15) is 0 Å². The summed E-state index contributed by atoms with van der Waals surface area (Å²) in [5, 5.41) is 0. The van der Waals surface area contributed by atoms with Crippen molar-refractivity contribution in [1.82, 2.24) is 0 Å². The molecule has 0 atom stereocenters. The highest BCUT2D eigenvalue weighted by Crippen LogP contribution is 2.41. The maximum Gasteiger partial charge on any atom is 0.337 e. The standard InChI is InChI=1S/C9H9BrO4S/c1-13-7(11)9(8(12)14-2)5-3-4-6(10)15-9/h3-5H,1-2H3. The minimum atomic E-state index is -1.43. The van der Waals surface area contributed by atoms with Crippen LogP contribution in [0.5, 0.6) is 0 Å². The zero-order valence-corrected chi connectivity index (χ0v) is 10.6. The Hall–Kier alpha value is -0.750. The lowest BCUT2D eigenvalue weighted by Gasteiger charge is -2.25. The van der Waals surface area contributed by atoms with Gasteiger partial charge in [-0.15, -0.1) is 0 Å². The van der Waals surface area contributed by atoms with Crippen LogP contribution >= 0.6 is 27.7 Å². The summed E-state index contributed by atoms with van der Waals surface area (Å²) in [5.41, 5.74) is 0. The quantitative estimate of drug-likeness (QED) is 0.572. The van der Waals surface area contributed by atoms with Gasteiger partial charge in [0.2, 0.25) is 4.75 Å². The van der Waals surface area contributed by atoms with Crippen molar-refractivity contribution in [3.63, 3.8) is 0 Å². The Bertz CT molecular complexity index is 332. The van der Waals surface area contributed by atoms with Crippen molar-refractivity contribution >= 4 is 39.6 Å². The van der Waals surface area contributed by atoms with E-state index in [1.165, 1.54) is 20.3 Å². The second-order valence-corrected chi connectivity index (χ2v) is 5.32. The summed E-state index contributed by atoms with van der Waals surface area (Å²) in [7, 11) is 2.46. The first-order valence-electron chi connectivity index (χ1n) is 3.97. The highest BCUT2D eigenvalue weighted by atomic mass is 79.9. The minimum Gasteiger partial charge on any atom is -0.467 e. The average molecular weight is 293 g/mol. The van der Waals surface area contributed by atoms with Gasteiger partial charge in [-0.2, -0.15) is 0 Å². The SMILES string of the molecule is COC(=O)C1(C(=O)OC)C=CC=C(Br)S1. The lowest BCUT2D eigenvalue weighted by Crippen LogP contribution is -2.44. The van der Waals surface area contributed by atoms with Crippen LogP contribution in [-0.2, 0) is 19.1 Å². The monoisotopic (exact) mass is 292 g/mol. The van der Waals surface area contributed by atoms with E-state index in [2.05, 4.69) is 25.4 Å². The fraction of sp³-hybridized carbons (Fsp3) is 0.333. The second-order valence-electron chi connectivity index (χ2n) is 2.65. The molecule has 0 N–H and O–H groups in total. The van der Waals surface area contributed by atoms with Crippen LogP contribution in [0.4, 0.5) is 0 Å². The van der Waals surface area contributed by atoms with E-state index in [1.54, 1.807) is 12.2 Å². The van der Waals surface area contributed by atoms with Crippen molar-refractivity contribution < 1.29 is 19.1 Å². The number of halogens is 1. The maximum absolute atomic E-state index is 11.6. The van der Waals surface area contributed by atoms with Crippen LogP contribution in [0.15, 0.2) is 22.0 Å². The molecule has 0 bridgehead atoms. The summed E-state index contributed by atoms with van der Waals surface area (Å²) in [4.78, 5) is 23.2. The van der Waals surface area contributed by atoms with Gasteiger partial charge in [-0.05, 0) is 28.1 Å². The summed E-state index contributed by atoms with van der Waals surface area (Å²) in [6, 6.07) is 0. The zero-order valence-electron chi connectivity index (χ0n) is 8.15. The Balaban J connectivity index is 3.09. The van der Waals surface area contributed by atoms with Gasteiger partial charge in [0, 0.05) is 0 Å². The molecule has 0 aliphatic carbocycles. The van der Waals surface area contributed by atoms with E-state index in [1.807, 2.05) is 0 Å². The number of ether oxygens (including phenoxy) is 2. The smallest absolute Gasteiger partial charge is 0.337 e. The molecule has 0 spiro atoms. The van der Waals surface area contributed by atoms with E-state index in [9.17, 15) is 9.59 Å². The highest BCUT2D eigenvalue weighted by Gasteiger charge is 2.48. The van der Waals surface area contributed by atoms with Crippen LogP contribution in [0.2, 0.25) is 0 Å². The normalized spacial score (nSPS) is 17.9. The highest BCUT2D eigenvalue weighted by molar-refractivity contribution is 9.14. The predicted octanol–water partition coefficient (Wildman–Crippen LogP) is 1.61. The molecule has 0 aromatic carbocycles. The number of carbonyl (C=O) groups excluding carboxylic acids is 2. The van der Waals surface area contributed by atoms with Crippen LogP contribution in [0, 0.1) is 0 Å². The number of carbonyl (C=O) groups is 2. The van der Waals surface area contributed by atoms with Crippen molar-refractivity contribution in [3.05, 3.63) is 22.0 Å². The lowest BCUT2D eigenvalue weighted by molar-refractivity contribution is -0.153. The van der Waals surface area contributed by atoms with E-state index in [0.29, 0.717) is 3.81 Å². The molecular formula is C9H9BrO4S. The number of rotatable bonds is 2. The van der Waals surface area contributed by atoms with Crippen molar-refractivity contribution in [2.24, 2.45) is 0 Å². The first-order valence-corrected chi connectivity index (χ1v) is 5.58. The Morgan fingerprint density at radius 3 is 2.27 bits per heavy atom. The number of esters is 2. The first kappa shape index (κ1) is 12.3. The molecule has 4 nitrogen and oxygen atoms in total. The molecule has 1 heterocycles. The van der Waals surface area contributed by atoms with E-state index < -0.39 is 16.7 Å². The van der Waals surface area contributed by atoms with Crippen LogP contribution in [0.25, 0.3) is 0 Å². The summed E-state index contributed by atoms with van der Waals surface area (Å²) in [6.45, 7) is 0. The summed E-state index contributed by atoms with van der Waals surface area (Å²) in [6.07, 6.45) is 4.79. The molecule has 15 heavy (non-hydrogen) atoms. The van der Waals surface area contributed by atoms with Gasteiger partial charge in [0.1, 0.15) is 0 Å². The van der Waals surface area contributed by atoms with Gasteiger partial charge in [0.15, 0.2) is 0 Å². The van der Waals surface area contributed by atoms with Gasteiger partial charge in [0.05, 0.1) is 18.0 Å². The third-order valence-electron chi connectivity index (χ3n) is 1.79. The molecular weight excluding hydrogens is 284 g/mol. The topological polar surface area (TPSA) is 52.6 Å². The number of hydrogen-bond acceptors (Lipinski definition) is 5. The molecule has 0 fully saturated rings. The molecule has 0 unspecified atom stereocenters. The molecule has 0 saturated heterocycles. The van der Waals surface area contributed by atoms with Gasteiger partial charge in [-0.1, -0.05) is 17.8 Å². The molecule has 0 saturated carbocycles. The Morgan fingerprint density at radius 1 is 1.33 bits per heavy atom. The summed E-state index contributed by atoms with van der Waals surface area (Å²) < 4.78 is 8.44. The fourth-order valence-electron chi connectivity index (χ4n) is 1.09. The van der Waals surface area contributed by atoms with E-state index in [4.69, 9.17) is 0 Å². The third-order valence-corrected chi connectivity index (χ3v) is 3.67. The van der Waals surface area contributed by atoms with Gasteiger partial charge < -0.3 is 9.47 Å². The van der Waals surface area contributed by atoms with Gasteiger partial charge in [0.25, 0.3) is 0 Å². The van der Waals surface area contributed by atoms with Crippen molar-refractivity contribution in [2.75, 3.05) is 14.2 Å². The number of thioether (sulfide) groups is 1. The molecule has 1 aliphatic heterocycles. The van der Waals surface area contributed by atoms with Crippen molar-refractivity contribution in [1.29, 1.82) is 0 Å². The maximum atomic E-state index is 11.6. The Kier molecular flexibility index (Phi) is 3.98. The van der Waals surface area contributed by atoms with Crippen molar-refractivity contribution in [2.45, 2.75) is 4.75 Å². The molecule has 6 heteroatoms. The number of allylic oxidation sites excluding steroid dienone is 2. The molecule has 0 aromatic heterocycles. The molecule has 1 rings (SSSR count). The average Bonchev–Trinajstić information content (AvgIpc) is 2.26. The fourth-order valence-corrected chi connectivity index (χ4v) is 2.94. The van der Waals surface area contributed by atoms with Gasteiger partial charge in [-0.3, -0.25) is 0 Å². The first-order chi connectivity index (χ1) is 7.06. The van der Waals surface area contributed by atoms with Gasteiger partial charge >= 0.3 is 11.9 Å². The Morgan fingerprint density at radius 2 is 1.87 bits per heavy atom. The lowest BCUT2D eigenvalue weighted by atomic mass is 10.1. The van der Waals surface area contributed by atoms with E-state index >= 15 is 0 Å². The largest absolute Gasteiger partial charge is 0.467 e. The third kappa shape index (κ3) is 2.26. The molecule has 0 amide bonds. The molecule has 1 aliphatic rings. The molecule has 82 valence electrons. The summed E-state index contributed by atoms with van der Waals surface area (Å²) >= 11 is 4.26. The number of methoxy groups -OCH3 is 2. The second kappa shape index (κ2) is 4.85. The van der Waals surface area contributed by atoms with Crippen LogP contribution in [-0.4, -0.2) is 30.9 Å². The molecule has 0 aromatic rings. The Labute approximate surface area is 99.8 Å². The van der Waals surface area contributed by atoms with E-state index in [-0.39, 0.29) is 0 Å². The number of hydrogen-bond donors (Lipinski definition) is 0. The predicted molar refractivity (Wildman–Crippen MR) is 60.5 cm³/mol. The van der Waals surface area contributed by atoms with Crippen LogP contribution < -0.4 is 0 Å². The van der Waals surface area contributed by atoms with Gasteiger partial charge in [-0.25, -0.2) is 9.59 Å². The zero-order chi connectivity index (χ0) is 11.5. The molecule has 0 radical (unpaired) electrons. The summed E-state index contributed by atoms with van der Waals surface area (Å²) in [5.74, 6) is -1.30.